The summed E-state index contributed by atoms with van der Waals surface area (Å²) in [5, 5.41) is 6.39. The molecule has 2 unspecified atom stereocenters. The maximum atomic E-state index is 11.8. The van der Waals surface area contributed by atoms with E-state index in [9.17, 15) is 4.79 Å². The highest BCUT2D eigenvalue weighted by molar-refractivity contribution is 5.82. The summed E-state index contributed by atoms with van der Waals surface area (Å²) in [5.74, 6) is 1.44. The van der Waals surface area contributed by atoms with E-state index in [-0.39, 0.29) is 5.91 Å². The summed E-state index contributed by atoms with van der Waals surface area (Å²) >= 11 is 0. The SMILES string of the molecule is CC(C)(CN)C(=O)NC1C2CNCC21. The van der Waals surface area contributed by atoms with Crippen LogP contribution in [0.2, 0.25) is 0 Å². The lowest BCUT2D eigenvalue weighted by Gasteiger charge is -2.22. The molecule has 4 heteroatoms. The van der Waals surface area contributed by atoms with Gasteiger partial charge in [0.25, 0.3) is 0 Å². The molecule has 1 saturated heterocycles. The number of piperidine rings is 1. The molecule has 0 bridgehead atoms. The van der Waals surface area contributed by atoms with Crippen molar-refractivity contribution in [1.82, 2.24) is 10.6 Å². The zero-order chi connectivity index (χ0) is 10.3. The predicted octanol–water partition coefficient (Wildman–Crippen LogP) is -0.695. The molecule has 2 fully saturated rings. The Bertz CT molecular complexity index is 242. The topological polar surface area (TPSA) is 67.2 Å². The number of fused-ring (bicyclic) bond motifs is 1. The molecule has 0 radical (unpaired) electrons. The van der Waals surface area contributed by atoms with Crippen LogP contribution in [0, 0.1) is 17.3 Å². The van der Waals surface area contributed by atoms with Gasteiger partial charge in [0.05, 0.1) is 5.41 Å². The predicted molar refractivity (Wildman–Crippen MR) is 54.6 cm³/mol. The number of rotatable bonds is 3. The number of hydrogen-bond acceptors (Lipinski definition) is 3. The fourth-order valence-corrected chi connectivity index (χ4v) is 2.07. The van der Waals surface area contributed by atoms with Crippen molar-refractivity contribution in [3.63, 3.8) is 0 Å². The van der Waals surface area contributed by atoms with E-state index < -0.39 is 5.41 Å². The number of amides is 1. The molecule has 1 amide bonds. The van der Waals surface area contributed by atoms with Crippen LogP contribution in [0.5, 0.6) is 0 Å². The summed E-state index contributed by atoms with van der Waals surface area (Å²) < 4.78 is 0. The van der Waals surface area contributed by atoms with Crippen LogP contribution in [0.3, 0.4) is 0 Å². The average molecular weight is 197 g/mol. The summed E-state index contributed by atoms with van der Waals surface area (Å²) in [7, 11) is 0. The van der Waals surface area contributed by atoms with Gasteiger partial charge in [-0.1, -0.05) is 0 Å². The molecule has 4 nitrogen and oxygen atoms in total. The molecule has 0 spiro atoms. The summed E-state index contributed by atoms with van der Waals surface area (Å²) in [5.41, 5.74) is 5.12. The van der Waals surface area contributed by atoms with Crippen molar-refractivity contribution in [3.05, 3.63) is 0 Å². The van der Waals surface area contributed by atoms with Crippen LogP contribution in [0.25, 0.3) is 0 Å². The number of carbonyl (C=O) groups excluding carboxylic acids is 1. The molecule has 2 aliphatic rings. The van der Waals surface area contributed by atoms with Crippen LogP contribution in [-0.4, -0.2) is 31.6 Å². The van der Waals surface area contributed by atoms with Gasteiger partial charge in [0, 0.05) is 25.7 Å². The molecular weight excluding hydrogens is 178 g/mol. The molecule has 0 aromatic heterocycles. The van der Waals surface area contributed by atoms with Crippen LogP contribution < -0.4 is 16.4 Å². The van der Waals surface area contributed by atoms with Gasteiger partial charge in [-0.2, -0.15) is 0 Å². The zero-order valence-corrected chi connectivity index (χ0v) is 8.84. The first-order chi connectivity index (χ1) is 6.56. The normalized spacial score (nSPS) is 35.2. The van der Waals surface area contributed by atoms with E-state index >= 15 is 0 Å². The Hall–Kier alpha value is -0.610. The van der Waals surface area contributed by atoms with E-state index in [1.165, 1.54) is 0 Å². The monoisotopic (exact) mass is 197 g/mol. The van der Waals surface area contributed by atoms with Gasteiger partial charge in [0.15, 0.2) is 0 Å². The second-order valence-electron chi connectivity index (χ2n) is 5.07. The molecule has 4 N–H and O–H groups in total. The highest BCUT2D eigenvalue weighted by Crippen LogP contribution is 2.41. The molecular formula is C10H19N3O. The molecule has 1 saturated carbocycles. The van der Waals surface area contributed by atoms with Gasteiger partial charge < -0.3 is 16.4 Å². The lowest BCUT2D eigenvalue weighted by molar-refractivity contribution is -0.129. The third-order valence-corrected chi connectivity index (χ3v) is 3.51. The maximum absolute atomic E-state index is 11.8. The van der Waals surface area contributed by atoms with Crippen LogP contribution in [0.4, 0.5) is 0 Å². The smallest absolute Gasteiger partial charge is 0.227 e. The van der Waals surface area contributed by atoms with Crippen molar-refractivity contribution in [2.24, 2.45) is 23.0 Å². The first kappa shape index (κ1) is 9.93. The highest BCUT2D eigenvalue weighted by atomic mass is 16.2. The summed E-state index contributed by atoms with van der Waals surface area (Å²) in [6.07, 6.45) is 0. The van der Waals surface area contributed by atoms with Crippen molar-refractivity contribution >= 4 is 5.91 Å². The molecule has 1 aliphatic heterocycles. The molecule has 1 heterocycles. The fraction of sp³-hybridized carbons (Fsp3) is 0.900. The summed E-state index contributed by atoms with van der Waals surface area (Å²) in [4.78, 5) is 11.8. The van der Waals surface area contributed by atoms with Gasteiger partial charge in [0.2, 0.25) is 5.91 Å². The van der Waals surface area contributed by atoms with Crippen molar-refractivity contribution in [2.45, 2.75) is 19.9 Å². The first-order valence-corrected chi connectivity index (χ1v) is 5.28. The van der Waals surface area contributed by atoms with Crippen molar-refractivity contribution < 1.29 is 4.79 Å². The molecule has 80 valence electrons. The Kier molecular flexibility index (Phi) is 2.27. The van der Waals surface area contributed by atoms with Crippen LogP contribution in [0.1, 0.15) is 13.8 Å². The minimum absolute atomic E-state index is 0.0967. The van der Waals surface area contributed by atoms with Crippen molar-refractivity contribution in [2.75, 3.05) is 19.6 Å². The second kappa shape index (κ2) is 3.21. The van der Waals surface area contributed by atoms with Crippen LogP contribution >= 0.6 is 0 Å². The van der Waals surface area contributed by atoms with Crippen molar-refractivity contribution in [1.29, 1.82) is 0 Å². The molecule has 1 aliphatic carbocycles. The third-order valence-electron chi connectivity index (χ3n) is 3.51. The Morgan fingerprint density at radius 3 is 2.57 bits per heavy atom. The van der Waals surface area contributed by atoms with Gasteiger partial charge in [-0.15, -0.1) is 0 Å². The Morgan fingerprint density at radius 1 is 1.50 bits per heavy atom. The first-order valence-electron chi connectivity index (χ1n) is 5.28. The van der Waals surface area contributed by atoms with Gasteiger partial charge in [-0.3, -0.25) is 4.79 Å². The van der Waals surface area contributed by atoms with Gasteiger partial charge >= 0.3 is 0 Å². The lowest BCUT2D eigenvalue weighted by Crippen LogP contribution is -2.44. The number of carbonyl (C=O) groups is 1. The third kappa shape index (κ3) is 1.53. The minimum atomic E-state index is -0.426. The van der Waals surface area contributed by atoms with E-state index in [1.54, 1.807) is 0 Å². The molecule has 0 aromatic carbocycles. The Morgan fingerprint density at radius 2 is 2.07 bits per heavy atom. The van der Waals surface area contributed by atoms with Crippen LogP contribution in [0.15, 0.2) is 0 Å². The number of nitrogens with one attached hydrogen (secondary N) is 2. The highest BCUT2D eigenvalue weighted by Gasteiger charge is 2.54. The largest absolute Gasteiger partial charge is 0.352 e. The van der Waals surface area contributed by atoms with E-state index in [0.717, 1.165) is 13.1 Å². The molecule has 0 aromatic rings. The van der Waals surface area contributed by atoms with Crippen molar-refractivity contribution in [3.8, 4) is 0 Å². The molecule has 2 atom stereocenters. The summed E-state index contributed by atoms with van der Waals surface area (Å²) in [6, 6.07) is 0.412. The maximum Gasteiger partial charge on any atom is 0.227 e. The molecule has 2 rings (SSSR count). The lowest BCUT2D eigenvalue weighted by atomic mass is 9.92. The Balaban J connectivity index is 1.84. The zero-order valence-electron chi connectivity index (χ0n) is 8.84. The summed E-state index contributed by atoms with van der Waals surface area (Å²) in [6.45, 7) is 6.29. The van der Waals surface area contributed by atoms with Gasteiger partial charge in [0.1, 0.15) is 0 Å². The standard InChI is InChI=1S/C10H19N3O/c1-10(2,5-11)9(14)13-8-6-3-12-4-7(6)8/h6-8,12H,3-5,11H2,1-2H3,(H,13,14). The van der Waals surface area contributed by atoms with Gasteiger partial charge in [-0.05, 0) is 25.7 Å². The second-order valence-corrected chi connectivity index (χ2v) is 5.07. The quantitative estimate of drug-likeness (QED) is 0.561. The number of hydrogen-bond donors (Lipinski definition) is 3. The van der Waals surface area contributed by atoms with E-state index in [2.05, 4.69) is 10.6 Å². The van der Waals surface area contributed by atoms with Gasteiger partial charge in [-0.25, -0.2) is 0 Å². The minimum Gasteiger partial charge on any atom is -0.352 e. The van der Waals surface area contributed by atoms with E-state index in [1.807, 2.05) is 13.8 Å². The van der Waals surface area contributed by atoms with Crippen LogP contribution in [-0.2, 0) is 4.79 Å². The van der Waals surface area contributed by atoms with E-state index in [0.29, 0.717) is 24.4 Å². The van der Waals surface area contributed by atoms with E-state index in [4.69, 9.17) is 5.73 Å². The number of nitrogens with two attached hydrogens (primary N) is 1. The fourth-order valence-electron chi connectivity index (χ4n) is 2.07. The average Bonchev–Trinajstić information content (AvgIpc) is 2.64. The Labute approximate surface area is 84.6 Å². The molecule has 14 heavy (non-hydrogen) atoms.